The number of para-hydroxylation sites is 1. The van der Waals surface area contributed by atoms with Gasteiger partial charge in [0.25, 0.3) is 0 Å². The Morgan fingerprint density at radius 3 is 2.53 bits per heavy atom. The molecule has 2 aromatic heterocycles. The molecule has 0 radical (unpaired) electrons. The second-order valence-electron chi connectivity index (χ2n) is 3.89. The molecular formula is C13H12N4. The van der Waals surface area contributed by atoms with Crippen LogP contribution < -0.4 is 11.5 Å². The maximum atomic E-state index is 5.96. The van der Waals surface area contributed by atoms with Gasteiger partial charge in [-0.15, -0.1) is 0 Å². The molecule has 84 valence electrons. The molecule has 0 aliphatic rings. The summed E-state index contributed by atoms with van der Waals surface area (Å²) in [5.74, 6) is 0.811. The van der Waals surface area contributed by atoms with Gasteiger partial charge in [-0.05, 0) is 24.3 Å². The van der Waals surface area contributed by atoms with Crippen LogP contribution in [0.3, 0.4) is 0 Å². The Balaban J connectivity index is 2.33. The van der Waals surface area contributed by atoms with E-state index in [1.54, 1.807) is 6.20 Å². The van der Waals surface area contributed by atoms with Crippen LogP contribution in [0, 0.1) is 0 Å². The van der Waals surface area contributed by atoms with Crippen molar-refractivity contribution < 1.29 is 0 Å². The van der Waals surface area contributed by atoms with Gasteiger partial charge in [-0.1, -0.05) is 12.1 Å². The summed E-state index contributed by atoms with van der Waals surface area (Å²) in [6.07, 6.45) is 3.69. The van der Waals surface area contributed by atoms with Gasteiger partial charge in [0.1, 0.15) is 5.82 Å². The van der Waals surface area contributed by atoms with Gasteiger partial charge in [0.2, 0.25) is 0 Å². The standard InChI is InChI=1S/C13H12N4/c14-10-5-2-1-4-9(10)13-16-8-12-11(15)6-3-7-17(12)13/h1-8H,14-15H2. The van der Waals surface area contributed by atoms with Crippen molar-refractivity contribution in [1.29, 1.82) is 0 Å². The second-order valence-corrected chi connectivity index (χ2v) is 3.89. The molecule has 0 bridgehead atoms. The van der Waals surface area contributed by atoms with Gasteiger partial charge in [0.05, 0.1) is 17.4 Å². The lowest BCUT2D eigenvalue weighted by Gasteiger charge is -2.05. The smallest absolute Gasteiger partial charge is 0.146 e. The van der Waals surface area contributed by atoms with Gasteiger partial charge in [-0.3, -0.25) is 4.40 Å². The van der Waals surface area contributed by atoms with E-state index in [2.05, 4.69) is 4.98 Å². The topological polar surface area (TPSA) is 69.3 Å². The molecule has 0 fully saturated rings. The van der Waals surface area contributed by atoms with Crippen molar-refractivity contribution in [3.63, 3.8) is 0 Å². The molecule has 4 N–H and O–H groups in total. The largest absolute Gasteiger partial charge is 0.398 e. The lowest BCUT2D eigenvalue weighted by molar-refractivity contribution is 1.16. The van der Waals surface area contributed by atoms with Gasteiger partial charge in [-0.25, -0.2) is 4.98 Å². The highest BCUT2D eigenvalue weighted by molar-refractivity contribution is 5.77. The quantitative estimate of drug-likeness (QED) is 0.622. The predicted octanol–water partition coefficient (Wildman–Crippen LogP) is 2.17. The van der Waals surface area contributed by atoms with E-state index in [1.165, 1.54) is 0 Å². The van der Waals surface area contributed by atoms with Crippen molar-refractivity contribution in [1.82, 2.24) is 9.38 Å². The summed E-state index contributed by atoms with van der Waals surface area (Å²) in [6, 6.07) is 11.4. The summed E-state index contributed by atoms with van der Waals surface area (Å²) in [7, 11) is 0. The number of rotatable bonds is 1. The van der Waals surface area contributed by atoms with E-state index in [0.717, 1.165) is 16.9 Å². The van der Waals surface area contributed by atoms with Crippen LogP contribution in [0.4, 0.5) is 11.4 Å². The molecule has 4 nitrogen and oxygen atoms in total. The number of imidazole rings is 1. The third kappa shape index (κ3) is 1.42. The highest BCUT2D eigenvalue weighted by Gasteiger charge is 2.09. The lowest BCUT2D eigenvalue weighted by Crippen LogP contribution is -1.95. The van der Waals surface area contributed by atoms with Crippen LogP contribution in [0.1, 0.15) is 0 Å². The molecule has 0 atom stereocenters. The van der Waals surface area contributed by atoms with Gasteiger partial charge >= 0.3 is 0 Å². The summed E-state index contributed by atoms with van der Waals surface area (Å²) in [4.78, 5) is 4.39. The molecule has 0 amide bonds. The highest BCUT2D eigenvalue weighted by Crippen LogP contribution is 2.26. The molecule has 0 saturated carbocycles. The van der Waals surface area contributed by atoms with Crippen LogP contribution in [-0.2, 0) is 0 Å². The molecule has 3 rings (SSSR count). The fourth-order valence-electron chi connectivity index (χ4n) is 1.94. The van der Waals surface area contributed by atoms with E-state index < -0.39 is 0 Å². The molecule has 1 aromatic carbocycles. The zero-order valence-electron chi connectivity index (χ0n) is 9.17. The number of nitrogens with zero attached hydrogens (tertiary/aromatic N) is 2. The van der Waals surface area contributed by atoms with Crippen LogP contribution in [0.2, 0.25) is 0 Å². The third-order valence-electron chi connectivity index (χ3n) is 2.81. The Morgan fingerprint density at radius 1 is 0.941 bits per heavy atom. The Kier molecular flexibility index (Phi) is 2.01. The first kappa shape index (κ1) is 9.72. The highest BCUT2D eigenvalue weighted by atomic mass is 15.0. The SMILES string of the molecule is Nc1ccccc1-c1ncc2c(N)cccn12. The number of nitrogen functional groups attached to an aromatic ring is 2. The van der Waals surface area contributed by atoms with E-state index in [9.17, 15) is 0 Å². The van der Waals surface area contributed by atoms with E-state index in [-0.39, 0.29) is 0 Å². The van der Waals surface area contributed by atoms with Crippen molar-refractivity contribution in [2.24, 2.45) is 0 Å². The maximum Gasteiger partial charge on any atom is 0.146 e. The number of pyridine rings is 1. The molecule has 0 unspecified atom stereocenters. The fraction of sp³-hybridized carbons (Fsp3) is 0. The molecule has 2 heterocycles. The number of aromatic nitrogens is 2. The first-order valence-corrected chi connectivity index (χ1v) is 5.34. The first-order chi connectivity index (χ1) is 8.27. The number of hydrogen-bond donors (Lipinski definition) is 2. The molecular weight excluding hydrogens is 212 g/mol. The molecule has 0 aliphatic heterocycles. The summed E-state index contributed by atoms with van der Waals surface area (Å²) >= 11 is 0. The van der Waals surface area contributed by atoms with Gasteiger partial charge in [0, 0.05) is 17.4 Å². The number of anilines is 2. The number of benzene rings is 1. The molecule has 3 aromatic rings. The average Bonchev–Trinajstić information content (AvgIpc) is 2.75. The second kappa shape index (κ2) is 3.52. The molecule has 0 saturated heterocycles. The van der Waals surface area contributed by atoms with Crippen molar-refractivity contribution in [3.05, 3.63) is 48.8 Å². The van der Waals surface area contributed by atoms with E-state index in [4.69, 9.17) is 11.5 Å². The average molecular weight is 224 g/mol. The van der Waals surface area contributed by atoms with Crippen molar-refractivity contribution in [2.75, 3.05) is 11.5 Å². The monoisotopic (exact) mass is 224 g/mol. The molecule has 0 spiro atoms. The van der Waals surface area contributed by atoms with Gasteiger partial charge in [-0.2, -0.15) is 0 Å². The van der Waals surface area contributed by atoms with Crippen LogP contribution in [-0.4, -0.2) is 9.38 Å². The van der Waals surface area contributed by atoms with Crippen LogP contribution in [0.5, 0.6) is 0 Å². The minimum absolute atomic E-state index is 0.709. The Hall–Kier alpha value is -2.49. The van der Waals surface area contributed by atoms with Crippen LogP contribution >= 0.6 is 0 Å². The van der Waals surface area contributed by atoms with Gasteiger partial charge < -0.3 is 11.5 Å². The zero-order chi connectivity index (χ0) is 11.8. The zero-order valence-corrected chi connectivity index (χ0v) is 9.17. The lowest BCUT2D eigenvalue weighted by atomic mass is 10.2. The van der Waals surface area contributed by atoms with Crippen molar-refractivity contribution >= 4 is 16.9 Å². The summed E-state index contributed by atoms with van der Waals surface area (Å²) in [5, 5.41) is 0. The molecule has 4 heteroatoms. The third-order valence-corrected chi connectivity index (χ3v) is 2.81. The van der Waals surface area contributed by atoms with Crippen molar-refractivity contribution in [2.45, 2.75) is 0 Å². The number of fused-ring (bicyclic) bond motifs is 1. The van der Waals surface area contributed by atoms with E-state index in [1.807, 2.05) is 47.0 Å². The molecule has 17 heavy (non-hydrogen) atoms. The summed E-state index contributed by atoms with van der Waals surface area (Å²) in [6.45, 7) is 0. The Bertz CT molecular complexity index is 685. The Labute approximate surface area is 98.5 Å². The normalized spacial score (nSPS) is 10.8. The van der Waals surface area contributed by atoms with Gasteiger partial charge in [0.15, 0.2) is 0 Å². The predicted molar refractivity (Wildman–Crippen MR) is 69.5 cm³/mol. The summed E-state index contributed by atoms with van der Waals surface area (Å²) < 4.78 is 1.95. The van der Waals surface area contributed by atoms with E-state index >= 15 is 0 Å². The number of nitrogens with two attached hydrogens (primary N) is 2. The van der Waals surface area contributed by atoms with E-state index in [0.29, 0.717) is 11.4 Å². The fourth-order valence-corrected chi connectivity index (χ4v) is 1.94. The molecule has 0 aliphatic carbocycles. The van der Waals surface area contributed by atoms with Crippen LogP contribution in [0.25, 0.3) is 16.9 Å². The summed E-state index contributed by atoms with van der Waals surface area (Å²) in [5.41, 5.74) is 15.1. The first-order valence-electron chi connectivity index (χ1n) is 5.34. The Morgan fingerprint density at radius 2 is 1.71 bits per heavy atom. The minimum atomic E-state index is 0.709. The minimum Gasteiger partial charge on any atom is -0.398 e. The van der Waals surface area contributed by atoms with Crippen molar-refractivity contribution in [3.8, 4) is 11.4 Å². The number of hydrogen-bond acceptors (Lipinski definition) is 3. The maximum absolute atomic E-state index is 5.96. The van der Waals surface area contributed by atoms with Crippen LogP contribution in [0.15, 0.2) is 48.8 Å².